The van der Waals surface area contributed by atoms with E-state index in [1.54, 1.807) is 14.2 Å². The Kier molecular flexibility index (Phi) is 6.45. The largest absolute Gasteiger partial charge is 0.493 e. The molecule has 2 aromatic carbocycles. The highest BCUT2D eigenvalue weighted by Crippen LogP contribution is 2.32. The van der Waals surface area contributed by atoms with Crippen LogP contribution in [0.25, 0.3) is 0 Å². The number of methoxy groups -OCH3 is 2. The van der Waals surface area contributed by atoms with Crippen LogP contribution in [0, 0.1) is 6.92 Å². The van der Waals surface area contributed by atoms with Crippen LogP contribution in [0.4, 0.5) is 5.69 Å². The van der Waals surface area contributed by atoms with Gasteiger partial charge in [-0.15, -0.1) is 0 Å². The van der Waals surface area contributed by atoms with Crippen LogP contribution in [-0.4, -0.2) is 51.9 Å². The quantitative estimate of drug-likeness (QED) is 0.742. The van der Waals surface area contributed by atoms with Gasteiger partial charge >= 0.3 is 0 Å². The third-order valence-corrected chi connectivity index (χ3v) is 5.11. The summed E-state index contributed by atoms with van der Waals surface area (Å²) in [5.41, 5.74) is 3.72. The number of para-hydroxylation sites is 2. The van der Waals surface area contributed by atoms with Crippen LogP contribution in [-0.2, 0) is 6.54 Å². The fraction of sp³-hybridized carbons (Fsp3) is 0.455. The minimum absolute atomic E-state index is 0.690. The van der Waals surface area contributed by atoms with E-state index in [0.717, 1.165) is 50.0 Å². The summed E-state index contributed by atoms with van der Waals surface area (Å²) >= 11 is 0. The molecular weight excluding hydrogens is 340 g/mol. The molecule has 0 N–H and O–H groups in total. The Bertz CT molecular complexity index is 755. The van der Waals surface area contributed by atoms with Crippen LogP contribution in [0.1, 0.15) is 18.1 Å². The van der Waals surface area contributed by atoms with Crippen molar-refractivity contribution in [1.29, 1.82) is 0 Å². The molecule has 1 saturated heterocycles. The summed E-state index contributed by atoms with van der Waals surface area (Å²) in [6.45, 7) is 9.81. The standard InChI is InChI=1S/C22H30N2O3/c1-5-27-20-9-7-6-8-19(20)24-12-10-23(11-13-24)16-18-15-22(26-4)21(25-3)14-17(18)2/h6-9,14-15H,5,10-13,16H2,1-4H3. The van der Waals surface area contributed by atoms with Gasteiger partial charge in [0.15, 0.2) is 11.5 Å². The second-order valence-electron chi connectivity index (χ2n) is 6.80. The lowest BCUT2D eigenvalue weighted by Gasteiger charge is -2.37. The minimum atomic E-state index is 0.690. The Morgan fingerprint density at radius 2 is 1.56 bits per heavy atom. The van der Waals surface area contributed by atoms with Gasteiger partial charge in [-0.05, 0) is 49.2 Å². The van der Waals surface area contributed by atoms with E-state index in [1.807, 2.05) is 13.0 Å². The number of anilines is 1. The molecule has 27 heavy (non-hydrogen) atoms. The number of piperazine rings is 1. The lowest BCUT2D eigenvalue weighted by atomic mass is 10.1. The van der Waals surface area contributed by atoms with Crippen molar-refractivity contribution < 1.29 is 14.2 Å². The first kappa shape index (κ1) is 19.4. The fourth-order valence-corrected chi connectivity index (χ4v) is 3.58. The number of aryl methyl sites for hydroxylation is 1. The minimum Gasteiger partial charge on any atom is -0.493 e. The molecule has 0 unspecified atom stereocenters. The molecule has 1 aliphatic heterocycles. The van der Waals surface area contributed by atoms with E-state index in [9.17, 15) is 0 Å². The molecule has 0 spiro atoms. The number of benzene rings is 2. The molecule has 5 heteroatoms. The number of hydrogen-bond donors (Lipinski definition) is 0. The average Bonchev–Trinajstić information content (AvgIpc) is 2.70. The molecule has 0 aliphatic carbocycles. The molecule has 1 aliphatic rings. The molecule has 146 valence electrons. The average molecular weight is 370 g/mol. The molecule has 3 rings (SSSR count). The van der Waals surface area contributed by atoms with E-state index >= 15 is 0 Å². The lowest BCUT2D eigenvalue weighted by molar-refractivity contribution is 0.247. The summed E-state index contributed by atoms with van der Waals surface area (Å²) in [5.74, 6) is 2.56. The molecule has 5 nitrogen and oxygen atoms in total. The van der Waals surface area contributed by atoms with Crippen molar-refractivity contribution in [2.24, 2.45) is 0 Å². The van der Waals surface area contributed by atoms with Crippen molar-refractivity contribution in [3.8, 4) is 17.2 Å². The molecule has 0 aromatic heterocycles. The van der Waals surface area contributed by atoms with Crippen LogP contribution in [0.15, 0.2) is 36.4 Å². The molecule has 0 saturated carbocycles. The van der Waals surface area contributed by atoms with E-state index in [4.69, 9.17) is 14.2 Å². The molecule has 2 aromatic rings. The van der Waals surface area contributed by atoms with Gasteiger partial charge in [0.05, 0.1) is 26.5 Å². The van der Waals surface area contributed by atoms with Crippen LogP contribution < -0.4 is 19.1 Å². The molecule has 1 fully saturated rings. The van der Waals surface area contributed by atoms with Gasteiger partial charge in [0.2, 0.25) is 0 Å². The molecule has 0 amide bonds. The van der Waals surface area contributed by atoms with Crippen molar-refractivity contribution in [3.05, 3.63) is 47.5 Å². The predicted molar refractivity (Wildman–Crippen MR) is 109 cm³/mol. The van der Waals surface area contributed by atoms with Crippen molar-refractivity contribution in [3.63, 3.8) is 0 Å². The zero-order valence-corrected chi connectivity index (χ0v) is 16.8. The first-order chi connectivity index (χ1) is 13.2. The smallest absolute Gasteiger partial charge is 0.161 e. The van der Waals surface area contributed by atoms with Gasteiger partial charge in [0.1, 0.15) is 5.75 Å². The predicted octanol–water partition coefficient (Wildman–Crippen LogP) is 3.73. The SMILES string of the molecule is CCOc1ccccc1N1CCN(Cc2cc(OC)c(OC)cc2C)CC1. The number of nitrogens with zero attached hydrogens (tertiary/aromatic N) is 2. The van der Waals surface area contributed by atoms with E-state index in [0.29, 0.717) is 6.61 Å². The normalized spacial score (nSPS) is 14.9. The molecule has 1 heterocycles. The van der Waals surface area contributed by atoms with E-state index in [1.165, 1.54) is 16.8 Å². The summed E-state index contributed by atoms with van der Waals surface area (Å²) in [4.78, 5) is 4.91. The highest BCUT2D eigenvalue weighted by Gasteiger charge is 2.20. The van der Waals surface area contributed by atoms with Crippen LogP contribution in [0.2, 0.25) is 0 Å². The van der Waals surface area contributed by atoms with Crippen molar-refractivity contribution in [2.75, 3.05) is 51.9 Å². The fourth-order valence-electron chi connectivity index (χ4n) is 3.58. The highest BCUT2D eigenvalue weighted by atomic mass is 16.5. The van der Waals surface area contributed by atoms with Crippen molar-refractivity contribution in [1.82, 2.24) is 4.90 Å². The second-order valence-corrected chi connectivity index (χ2v) is 6.80. The summed E-state index contributed by atoms with van der Waals surface area (Å²) in [6.07, 6.45) is 0. The monoisotopic (exact) mass is 370 g/mol. The molecular formula is C22H30N2O3. The zero-order chi connectivity index (χ0) is 19.2. The first-order valence-corrected chi connectivity index (χ1v) is 9.57. The maximum absolute atomic E-state index is 5.79. The van der Waals surface area contributed by atoms with Gasteiger partial charge in [-0.25, -0.2) is 0 Å². The Morgan fingerprint density at radius 1 is 0.889 bits per heavy atom. The van der Waals surface area contributed by atoms with E-state index < -0.39 is 0 Å². The van der Waals surface area contributed by atoms with Gasteiger partial charge in [0.25, 0.3) is 0 Å². The maximum atomic E-state index is 5.79. The Morgan fingerprint density at radius 3 is 2.22 bits per heavy atom. The lowest BCUT2D eigenvalue weighted by Crippen LogP contribution is -2.46. The first-order valence-electron chi connectivity index (χ1n) is 9.57. The second kappa shape index (κ2) is 9.00. The topological polar surface area (TPSA) is 34.2 Å². The highest BCUT2D eigenvalue weighted by molar-refractivity contribution is 5.58. The Hall–Kier alpha value is -2.40. The Labute approximate surface area is 162 Å². The molecule has 0 radical (unpaired) electrons. The number of ether oxygens (including phenoxy) is 3. The Balaban J connectivity index is 1.65. The number of rotatable bonds is 7. The van der Waals surface area contributed by atoms with Gasteiger partial charge < -0.3 is 19.1 Å². The van der Waals surface area contributed by atoms with Gasteiger partial charge in [-0.2, -0.15) is 0 Å². The summed E-state index contributed by atoms with van der Waals surface area (Å²) in [7, 11) is 3.36. The van der Waals surface area contributed by atoms with E-state index in [2.05, 4.69) is 47.1 Å². The molecule has 0 bridgehead atoms. The summed E-state index contributed by atoms with van der Waals surface area (Å²) < 4.78 is 16.7. The van der Waals surface area contributed by atoms with Crippen LogP contribution in [0.3, 0.4) is 0 Å². The van der Waals surface area contributed by atoms with Gasteiger partial charge in [-0.1, -0.05) is 12.1 Å². The van der Waals surface area contributed by atoms with Gasteiger partial charge in [0, 0.05) is 32.7 Å². The van der Waals surface area contributed by atoms with Crippen molar-refractivity contribution >= 4 is 5.69 Å². The molecule has 0 atom stereocenters. The van der Waals surface area contributed by atoms with Crippen molar-refractivity contribution in [2.45, 2.75) is 20.4 Å². The zero-order valence-electron chi connectivity index (χ0n) is 16.8. The van der Waals surface area contributed by atoms with Gasteiger partial charge in [-0.3, -0.25) is 4.90 Å². The summed E-state index contributed by atoms with van der Waals surface area (Å²) in [6, 6.07) is 12.5. The van der Waals surface area contributed by atoms with Crippen LogP contribution >= 0.6 is 0 Å². The third-order valence-electron chi connectivity index (χ3n) is 5.11. The van der Waals surface area contributed by atoms with E-state index in [-0.39, 0.29) is 0 Å². The number of hydrogen-bond acceptors (Lipinski definition) is 5. The summed E-state index contributed by atoms with van der Waals surface area (Å²) in [5, 5.41) is 0. The third kappa shape index (κ3) is 4.48. The maximum Gasteiger partial charge on any atom is 0.161 e. The van der Waals surface area contributed by atoms with Crippen LogP contribution in [0.5, 0.6) is 17.2 Å².